The van der Waals surface area contributed by atoms with E-state index >= 15 is 0 Å². The number of aromatic nitrogens is 1. The van der Waals surface area contributed by atoms with Gasteiger partial charge in [0.1, 0.15) is 0 Å². The number of rotatable bonds is 2. The van der Waals surface area contributed by atoms with Crippen molar-refractivity contribution in [2.75, 3.05) is 6.26 Å². The Morgan fingerprint density at radius 3 is 2.64 bits per heavy atom. The maximum Gasteiger partial charge on any atom is 0.254 e. The molecule has 11 heavy (non-hydrogen) atoms. The fourth-order valence-electron chi connectivity index (χ4n) is 0.831. The first-order valence-corrected chi connectivity index (χ1v) is 4.82. The summed E-state index contributed by atoms with van der Waals surface area (Å²) in [7, 11) is 0. The lowest BCUT2D eigenvalue weighted by Gasteiger charge is -2.00. The summed E-state index contributed by atoms with van der Waals surface area (Å²) in [5.74, 6) is 0. The van der Waals surface area contributed by atoms with Crippen LogP contribution in [0.4, 0.5) is 0 Å². The highest BCUT2D eigenvalue weighted by atomic mass is 32.2. The van der Waals surface area contributed by atoms with Crippen LogP contribution in [-0.4, -0.2) is 17.8 Å². The van der Waals surface area contributed by atoms with Crippen LogP contribution in [0.1, 0.15) is 11.1 Å². The first-order chi connectivity index (χ1) is 5.24. The van der Waals surface area contributed by atoms with E-state index in [4.69, 9.17) is 0 Å². The molecule has 0 saturated heterocycles. The molecular weight excluding hydrogens is 153 g/mol. The molecule has 57 valence electrons. The minimum atomic E-state index is 1.06. The lowest BCUT2D eigenvalue weighted by molar-refractivity contribution is 1.25. The molecule has 3 heteroatoms. The van der Waals surface area contributed by atoms with E-state index in [1.807, 2.05) is 19.0 Å². The molecule has 0 spiro atoms. The summed E-state index contributed by atoms with van der Waals surface area (Å²) in [4.78, 5) is 4.25. The van der Waals surface area contributed by atoms with Crippen molar-refractivity contribution in [3.8, 4) is 0 Å². The SMILES string of the molecule is CS[B]c1cc(C)c(C)cn1. The molecule has 1 aromatic rings. The molecule has 0 fully saturated rings. The highest BCUT2D eigenvalue weighted by Gasteiger charge is 1.97. The summed E-state index contributed by atoms with van der Waals surface area (Å²) in [5.41, 5.74) is 3.61. The zero-order valence-electron chi connectivity index (χ0n) is 7.09. The predicted octanol–water partition coefficient (Wildman–Crippen LogP) is 1.31. The van der Waals surface area contributed by atoms with Crippen LogP contribution in [0.2, 0.25) is 0 Å². The predicted molar refractivity (Wildman–Crippen MR) is 52.6 cm³/mol. The smallest absolute Gasteiger partial charge is 0.254 e. The Labute approximate surface area is 72.8 Å². The Kier molecular flexibility index (Phi) is 3.00. The summed E-state index contributed by atoms with van der Waals surface area (Å²) in [6.07, 6.45) is 3.95. The molecule has 0 N–H and O–H groups in total. The second-order valence-corrected chi connectivity index (χ2v) is 3.25. The molecule has 0 atom stereocenters. The largest absolute Gasteiger partial charge is 0.271 e. The van der Waals surface area contributed by atoms with Crippen LogP contribution in [0.3, 0.4) is 0 Å². The van der Waals surface area contributed by atoms with Crippen molar-refractivity contribution in [3.63, 3.8) is 0 Å². The summed E-state index contributed by atoms with van der Waals surface area (Å²) in [6, 6.07) is 2.10. The van der Waals surface area contributed by atoms with Gasteiger partial charge in [0.2, 0.25) is 0 Å². The lowest BCUT2D eigenvalue weighted by Crippen LogP contribution is -2.15. The minimum absolute atomic E-state index is 1.06. The molecule has 0 saturated carbocycles. The Bertz CT molecular complexity index is 250. The van der Waals surface area contributed by atoms with Gasteiger partial charge in [0.25, 0.3) is 6.56 Å². The Hall–Kier alpha value is -0.435. The van der Waals surface area contributed by atoms with Gasteiger partial charge in [0.15, 0.2) is 0 Å². The van der Waals surface area contributed by atoms with Crippen molar-refractivity contribution >= 4 is 23.8 Å². The van der Waals surface area contributed by atoms with Crippen LogP contribution in [0.25, 0.3) is 0 Å². The van der Waals surface area contributed by atoms with Crippen molar-refractivity contribution in [1.29, 1.82) is 0 Å². The minimum Gasteiger partial charge on any atom is -0.271 e. The van der Waals surface area contributed by atoms with Gasteiger partial charge < -0.3 is 0 Å². The van der Waals surface area contributed by atoms with Gasteiger partial charge in [-0.15, -0.1) is 0 Å². The Balaban J connectivity index is 2.86. The van der Waals surface area contributed by atoms with Crippen molar-refractivity contribution in [2.45, 2.75) is 13.8 Å². The third kappa shape index (κ3) is 2.26. The van der Waals surface area contributed by atoms with E-state index in [2.05, 4.69) is 24.9 Å². The van der Waals surface area contributed by atoms with E-state index in [0.29, 0.717) is 0 Å². The molecule has 1 nitrogen and oxygen atoms in total. The summed E-state index contributed by atoms with van der Waals surface area (Å²) in [5, 5.41) is 0. The first-order valence-electron chi connectivity index (χ1n) is 3.53. The Morgan fingerprint density at radius 2 is 2.09 bits per heavy atom. The average molecular weight is 164 g/mol. The maximum absolute atomic E-state index is 4.25. The third-order valence-corrected chi connectivity index (χ3v) is 2.11. The van der Waals surface area contributed by atoms with E-state index in [0.717, 1.165) is 5.59 Å². The number of aryl methyl sites for hydroxylation is 2. The normalized spacial score (nSPS) is 9.73. The number of nitrogens with zero attached hydrogens (tertiary/aromatic N) is 1. The van der Waals surface area contributed by atoms with E-state index in [-0.39, 0.29) is 0 Å². The van der Waals surface area contributed by atoms with E-state index in [1.165, 1.54) is 11.1 Å². The molecule has 0 bridgehead atoms. The summed E-state index contributed by atoms with van der Waals surface area (Å²) in [6.45, 7) is 6.23. The quantitative estimate of drug-likeness (QED) is 0.611. The Morgan fingerprint density at radius 1 is 1.36 bits per heavy atom. The van der Waals surface area contributed by atoms with Gasteiger partial charge in [0, 0.05) is 11.8 Å². The van der Waals surface area contributed by atoms with E-state index in [1.54, 1.807) is 11.6 Å². The van der Waals surface area contributed by atoms with Gasteiger partial charge in [-0.25, -0.2) is 11.6 Å². The number of pyridine rings is 1. The van der Waals surface area contributed by atoms with Crippen LogP contribution in [-0.2, 0) is 0 Å². The standard InChI is InChI=1S/C8H11BNS/c1-6-4-8(9-11-3)10-5-7(6)2/h4-5H,1-3H3. The van der Waals surface area contributed by atoms with Gasteiger partial charge in [-0.1, -0.05) is 0 Å². The summed E-state index contributed by atoms with van der Waals surface area (Å²) >= 11 is 1.68. The summed E-state index contributed by atoms with van der Waals surface area (Å²) < 4.78 is 0. The van der Waals surface area contributed by atoms with Gasteiger partial charge in [-0.3, -0.25) is 4.98 Å². The van der Waals surface area contributed by atoms with Crippen LogP contribution in [0, 0.1) is 13.8 Å². The molecule has 0 aliphatic heterocycles. The topological polar surface area (TPSA) is 12.9 Å². The zero-order chi connectivity index (χ0) is 8.27. The van der Waals surface area contributed by atoms with E-state index in [9.17, 15) is 0 Å². The third-order valence-electron chi connectivity index (χ3n) is 1.63. The second-order valence-electron chi connectivity index (χ2n) is 2.55. The molecule has 1 radical (unpaired) electrons. The van der Waals surface area contributed by atoms with Crippen LogP contribution in [0.15, 0.2) is 12.3 Å². The molecule has 0 unspecified atom stereocenters. The fourth-order valence-corrected chi connectivity index (χ4v) is 1.20. The molecule has 0 aliphatic rings. The zero-order valence-corrected chi connectivity index (χ0v) is 7.90. The average Bonchev–Trinajstić information content (AvgIpc) is 1.98. The molecule has 0 aromatic carbocycles. The first kappa shape index (κ1) is 8.66. The van der Waals surface area contributed by atoms with Crippen molar-refractivity contribution < 1.29 is 0 Å². The van der Waals surface area contributed by atoms with Crippen molar-refractivity contribution in [1.82, 2.24) is 4.98 Å². The van der Waals surface area contributed by atoms with Crippen molar-refractivity contribution in [3.05, 3.63) is 23.4 Å². The van der Waals surface area contributed by atoms with Gasteiger partial charge >= 0.3 is 0 Å². The molecule has 1 heterocycles. The van der Waals surface area contributed by atoms with Crippen molar-refractivity contribution in [2.24, 2.45) is 0 Å². The number of hydrogen-bond donors (Lipinski definition) is 0. The van der Waals surface area contributed by atoms with Crippen LogP contribution in [0.5, 0.6) is 0 Å². The van der Waals surface area contributed by atoms with Crippen LogP contribution < -0.4 is 5.59 Å². The molecule has 0 aliphatic carbocycles. The van der Waals surface area contributed by atoms with Gasteiger partial charge in [-0.05, 0) is 37.3 Å². The highest BCUT2D eigenvalue weighted by Crippen LogP contribution is 2.00. The monoisotopic (exact) mass is 164 g/mol. The fraction of sp³-hybridized carbons (Fsp3) is 0.375. The second kappa shape index (κ2) is 3.81. The molecule has 0 amide bonds. The highest BCUT2D eigenvalue weighted by molar-refractivity contribution is 8.23. The number of hydrogen-bond acceptors (Lipinski definition) is 2. The molecule has 1 aromatic heterocycles. The van der Waals surface area contributed by atoms with Gasteiger partial charge in [0.05, 0.1) is 0 Å². The lowest BCUT2D eigenvalue weighted by atomic mass is 9.99. The van der Waals surface area contributed by atoms with Crippen LogP contribution >= 0.6 is 11.6 Å². The molecule has 1 rings (SSSR count). The van der Waals surface area contributed by atoms with Gasteiger partial charge in [-0.2, -0.15) is 0 Å². The van der Waals surface area contributed by atoms with E-state index < -0.39 is 0 Å². The maximum atomic E-state index is 4.25. The molecular formula is C8H11BNS.